The number of carbonyl (C=O) groups excluding carboxylic acids is 1. The van der Waals surface area contributed by atoms with Gasteiger partial charge in [0, 0.05) is 55.9 Å². The molecule has 1 amide bonds. The van der Waals surface area contributed by atoms with Crippen molar-refractivity contribution in [3.63, 3.8) is 0 Å². The lowest BCUT2D eigenvalue weighted by Gasteiger charge is -2.35. The largest absolute Gasteiger partial charge is 0.481 e. The Balaban J connectivity index is 1.37. The van der Waals surface area contributed by atoms with Gasteiger partial charge in [0.05, 0.1) is 5.69 Å². The molecule has 4 rings (SSSR count). The Labute approximate surface area is 181 Å². The Hall–Kier alpha value is -3.19. The number of ether oxygens (including phenoxy) is 1. The summed E-state index contributed by atoms with van der Waals surface area (Å²) in [5.74, 6) is 0.465. The Kier molecular flexibility index (Phi) is 6.04. The molecule has 1 aliphatic rings. The van der Waals surface area contributed by atoms with Crippen LogP contribution in [0, 0.1) is 13.8 Å². The molecule has 0 aliphatic carbocycles. The van der Waals surface area contributed by atoms with Crippen LogP contribution in [0.15, 0.2) is 51.8 Å². The van der Waals surface area contributed by atoms with E-state index in [1.165, 1.54) is 0 Å². The van der Waals surface area contributed by atoms with E-state index < -0.39 is 6.10 Å². The minimum absolute atomic E-state index is 0.0425. The van der Waals surface area contributed by atoms with Crippen molar-refractivity contribution in [2.75, 3.05) is 26.2 Å². The molecule has 0 N–H and O–H groups in total. The number of hydrogen-bond acceptors (Lipinski definition) is 6. The molecule has 2 aromatic heterocycles. The molecule has 0 spiro atoms. The second-order valence-corrected chi connectivity index (χ2v) is 7.98. The van der Waals surface area contributed by atoms with Crippen LogP contribution >= 0.6 is 0 Å². The van der Waals surface area contributed by atoms with Crippen molar-refractivity contribution in [3.05, 3.63) is 69.8 Å². The van der Waals surface area contributed by atoms with Crippen molar-refractivity contribution < 1.29 is 13.9 Å². The van der Waals surface area contributed by atoms with Crippen LogP contribution in [0.25, 0.3) is 11.0 Å². The monoisotopic (exact) mass is 421 g/mol. The Morgan fingerprint density at radius 1 is 1.13 bits per heavy atom. The van der Waals surface area contributed by atoms with Gasteiger partial charge in [-0.05, 0) is 50.6 Å². The van der Waals surface area contributed by atoms with Gasteiger partial charge < -0.3 is 14.1 Å². The van der Waals surface area contributed by atoms with E-state index in [0.29, 0.717) is 30.0 Å². The van der Waals surface area contributed by atoms with Crippen LogP contribution in [0.3, 0.4) is 0 Å². The van der Waals surface area contributed by atoms with Crippen molar-refractivity contribution in [2.24, 2.45) is 0 Å². The fourth-order valence-electron chi connectivity index (χ4n) is 3.86. The first-order chi connectivity index (χ1) is 14.9. The fraction of sp³-hybridized carbons (Fsp3) is 0.375. The number of fused-ring (bicyclic) bond motifs is 1. The van der Waals surface area contributed by atoms with E-state index in [-0.39, 0.29) is 11.5 Å². The number of piperazine rings is 1. The first kappa shape index (κ1) is 21.1. The van der Waals surface area contributed by atoms with Crippen LogP contribution in [-0.2, 0) is 11.3 Å². The number of rotatable bonds is 5. The molecule has 3 heterocycles. The van der Waals surface area contributed by atoms with Crippen molar-refractivity contribution in [2.45, 2.75) is 33.4 Å². The number of pyridine rings is 1. The predicted molar refractivity (Wildman–Crippen MR) is 118 cm³/mol. The van der Waals surface area contributed by atoms with Crippen LogP contribution in [0.5, 0.6) is 5.75 Å². The molecule has 1 fully saturated rings. The summed E-state index contributed by atoms with van der Waals surface area (Å²) in [4.78, 5) is 33.4. The molecule has 1 aromatic carbocycles. The molecule has 7 heteroatoms. The lowest BCUT2D eigenvalue weighted by atomic mass is 10.1. The number of benzene rings is 1. The zero-order valence-electron chi connectivity index (χ0n) is 18.1. The molecular weight excluding hydrogens is 394 g/mol. The molecule has 162 valence electrons. The number of nitrogens with zero attached hydrogens (tertiary/aromatic N) is 3. The third kappa shape index (κ3) is 4.61. The maximum Gasteiger partial charge on any atom is 0.339 e. The maximum absolute atomic E-state index is 12.9. The Morgan fingerprint density at radius 2 is 1.90 bits per heavy atom. The summed E-state index contributed by atoms with van der Waals surface area (Å²) in [6.45, 7) is 9.11. The van der Waals surface area contributed by atoms with E-state index in [2.05, 4.69) is 9.88 Å². The highest BCUT2D eigenvalue weighted by molar-refractivity contribution is 5.83. The summed E-state index contributed by atoms with van der Waals surface area (Å²) in [7, 11) is 0. The van der Waals surface area contributed by atoms with E-state index in [4.69, 9.17) is 9.15 Å². The number of hydrogen-bond donors (Lipinski definition) is 0. The topological polar surface area (TPSA) is 75.9 Å². The molecule has 1 aliphatic heterocycles. The van der Waals surface area contributed by atoms with Gasteiger partial charge in [-0.3, -0.25) is 14.7 Å². The average molecular weight is 421 g/mol. The molecule has 0 radical (unpaired) electrons. The van der Waals surface area contributed by atoms with Gasteiger partial charge in [0.15, 0.2) is 6.10 Å². The second-order valence-electron chi connectivity index (χ2n) is 7.98. The maximum atomic E-state index is 12.9. The van der Waals surface area contributed by atoms with E-state index in [1.807, 2.05) is 42.2 Å². The third-order valence-electron chi connectivity index (χ3n) is 5.88. The zero-order valence-corrected chi connectivity index (χ0v) is 18.1. The van der Waals surface area contributed by atoms with E-state index >= 15 is 0 Å². The Morgan fingerprint density at radius 3 is 2.61 bits per heavy atom. The average Bonchev–Trinajstić information content (AvgIpc) is 2.78. The van der Waals surface area contributed by atoms with Crippen molar-refractivity contribution in [3.8, 4) is 5.75 Å². The van der Waals surface area contributed by atoms with E-state index in [9.17, 15) is 9.59 Å². The molecule has 0 saturated carbocycles. The molecule has 3 aromatic rings. The molecule has 1 atom stereocenters. The van der Waals surface area contributed by atoms with Crippen LogP contribution in [0.2, 0.25) is 0 Å². The molecule has 1 saturated heterocycles. The van der Waals surface area contributed by atoms with E-state index in [0.717, 1.165) is 36.3 Å². The Bertz CT molecular complexity index is 1130. The quantitative estimate of drug-likeness (QED) is 0.590. The van der Waals surface area contributed by atoms with Crippen molar-refractivity contribution in [1.29, 1.82) is 0 Å². The highest BCUT2D eigenvalue weighted by atomic mass is 16.5. The summed E-state index contributed by atoms with van der Waals surface area (Å²) >= 11 is 0. The lowest BCUT2D eigenvalue weighted by molar-refractivity contribution is -0.139. The van der Waals surface area contributed by atoms with Crippen LogP contribution in [-0.4, -0.2) is 53.0 Å². The van der Waals surface area contributed by atoms with E-state index in [1.54, 1.807) is 26.1 Å². The first-order valence-electron chi connectivity index (χ1n) is 10.5. The SMILES string of the molecule is Cc1c(C)c2ccc(OC(C)C(=O)N3CCN(Cc4ccccn4)CC3)cc2oc1=O. The normalized spacial score (nSPS) is 15.8. The van der Waals surface area contributed by atoms with Crippen LogP contribution in [0.1, 0.15) is 23.7 Å². The van der Waals surface area contributed by atoms with Gasteiger partial charge in [-0.25, -0.2) is 4.79 Å². The van der Waals surface area contributed by atoms with Crippen molar-refractivity contribution >= 4 is 16.9 Å². The minimum Gasteiger partial charge on any atom is -0.481 e. The van der Waals surface area contributed by atoms with Crippen molar-refractivity contribution in [1.82, 2.24) is 14.8 Å². The van der Waals surface area contributed by atoms with Gasteiger partial charge in [-0.2, -0.15) is 0 Å². The van der Waals surface area contributed by atoms with Crippen LogP contribution < -0.4 is 10.4 Å². The summed E-state index contributed by atoms with van der Waals surface area (Å²) in [5.41, 5.74) is 2.65. The van der Waals surface area contributed by atoms with Gasteiger partial charge in [0.25, 0.3) is 5.91 Å². The summed E-state index contributed by atoms with van der Waals surface area (Å²) in [5, 5.41) is 0.868. The molecule has 31 heavy (non-hydrogen) atoms. The van der Waals surface area contributed by atoms with Gasteiger partial charge >= 0.3 is 5.63 Å². The number of carbonyl (C=O) groups is 1. The van der Waals surface area contributed by atoms with Gasteiger partial charge in [0.1, 0.15) is 11.3 Å². The number of amides is 1. The summed E-state index contributed by atoms with van der Waals surface area (Å²) in [6.07, 6.45) is 1.17. The predicted octanol–water partition coefficient (Wildman–Crippen LogP) is 2.92. The number of aromatic nitrogens is 1. The molecule has 1 unspecified atom stereocenters. The van der Waals surface area contributed by atoms with Gasteiger partial charge in [-0.15, -0.1) is 0 Å². The van der Waals surface area contributed by atoms with Gasteiger partial charge in [0.2, 0.25) is 0 Å². The fourth-order valence-corrected chi connectivity index (χ4v) is 3.86. The third-order valence-corrected chi connectivity index (χ3v) is 5.88. The zero-order chi connectivity index (χ0) is 22.0. The summed E-state index contributed by atoms with van der Waals surface area (Å²) in [6, 6.07) is 11.3. The standard InChI is InChI=1S/C24H27N3O4/c1-16-17(2)24(29)31-22-14-20(7-8-21(16)22)30-18(3)23(28)27-12-10-26(11-13-27)15-19-6-4-5-9-25-19/h4-9,14,18H,10-13,15H2,1-3H3. The first-order valence-corrected chi connectivity index (χ1v) is 10.5. The van der Waals surface area contributed by atoms with Gasteiger partial charge in [-0.1, -0.05) is 6.07 Å². The molecule has 7 nitrogen and oxygen atoms in total. The highest BCUT2D eigenvalue weighted by Gasteiger charge is 2.26. The minimum atomic E-state index is -0.627. The lowest BCUT2D eigenvalue weighted by Crippen LogP contribution is -2.51. The number of aryl methyl sites for hydroxylation is 1. The molecule has 0 bridgehead atoms. The van der Waals surface area contributed by atoms with Crippen LogP contribution in [0.4, 0.5) is 0 Å². The summed E-state index contributed by atoms with van der Waals surface area (Å²) < 4.78 is 11.3. The molecular formula is C24H27N3O4. The second kappa shape index (κ2) is 8.89. The highest BCUT2D eigenvalue weighted by Crippen LogP contribution is 2.24. The smallest absolute Gasteiger partial charge is 0.339 e.